The van der Waals surface area contributed by atoms with Gasteiger partial charge < -0.3 is 10.2 Å². The van der Waals surface area contributed by atoms with E-state index in [4.69, 9.17) is 0 Å². The third kappa shape index (κ3) is 2.17. The molecule has 3 N–H and O–H groups in total. The molecule has 1 aliphatic rings. The molecule has 1 saturated heterocycles. The lowest BCUT2D eigenvalue weighted by Gasteiger charge is -2.35. The van der Waals surface area contributed by atoms with Crippen molar-refractivity contribution in [2.45, 2.75) is 38.6 Å². The number of rotatable bonds is 1. The van der Waals surface area contributed by atoms with Gasteiger partial charge in [0.1, 0.15) is 12.5 Å². The first-order chi connectivity index (χ1) is 5.61. The molecule has 0 saturated carbocycles. The quantitative estimate of drug-likeness (QED) is 0.484. The Kier molecular flexibility index (Phi) is 3.02. The van der Waals surface area contributed by atoms with Gasteiger partial charge in [0.2, 0.25) is 5.91 Å². The summed E-state index contributed by atoms with van der Waals surface area (Å²) in [5.41, 5.74) is 2.38. The van der Waals surface area contributed by atoms with Gasteiger partial charge in [-0.3, -0.25) is 10.2 Å². The Morgan fingerprint density at radius 2 is 1.92 bits per heavy atom. The summed E-state index contributed by atoms with van der Waals surface area (Å²) in [7, 11) is 0. The number of hydrazine groups is 1. The lowest BCUT2D eigenvalue weighted by Crippen LogP contribution is -2.55. The SMILES string of the molecule is CC(=O)NN1C(O)CCCC1O. The second-order valence-corrected chi connectivity index (χ2v) is 2.97. The van der Waals surface area contributed by atoms with E-state index in [-0.39, 0.29) is 5.91 Å². The molecule has 0 aromatic heterocycles. The van der Waals surface area contributed by atoms with Gasteiger partial charge in [-0.25, -0.2) is 0 Å². The van der Waals surface area contributed by atoms with Gasteiger partial charge in [0.25, 0.3) is 0 Å². The zero-order valence-electron chi connectivity index (χ0n) is 7.03. The molecule has 70 valence electrons. The van der Waals surface area contributed by atoms with E-state index in [9.17, 15) is 15.0 Å². The molecule has 12 heavy (non-hydrogen) atoms. The summed E-state index contributed by atoms with van der Waals surface area (Å²) in [5.74, 6) is -0.282. The molecule has 1 amide bonds. The van der Waals surface area contributed by atoms with Gasteiger partial charge in [-0.05, 0) is 19.3 Å². The number of carbonyl (C=O) groups excluding carboxylic acids is 1. The van der Waals surface area contributed by atoms with Crippen LogP contribution in [0.15, 0.2) is 0 Å². The number of nitrogens with zero attached hydrogens (tertiary/aromatic N) is 1. The summed E-state index contributed by atoms with van der Waals surface area (Å²) in [6, 6.07) is 0. The van der Waals surface area contributed by atoms with Crippen molar-refractivity contribution < 1.29 is 15.0 Å². The topological polar surface area (TPSA) is 72.8 Å². The van der Waals surface area contributed by atoms with Crippen LogP contribution in [0.3, 0.4) is 0 Å². The van der Waals surface area contributed by atoms with Crippen molar-refractivity contribution in [1.29, 1.82) is 0 Å². The lowest BCUT2D eigenvalue weighted by atomic mass is 10.1. The monoisotopic (exact) mass is 174 g/mol. The molecule has 0 aromatic carbocycles. The number of nitrogens with one attached hydrogen (secondary N) is 1. The van der Waals surface area contributed by atoms with Crippen LogP contribution in [0.4, 0.5) is 0 Å². The number of aliphatic hydroxyl groups excluding tert-OH is 2. The predicted molar refractivity (Wildman–Crippen MR) is 41.5 cm³/mol. The highest BCUT2D eigenvalue weighted by Crippen LogP contribution is 2.17. The van der Waals surface area contributed by atoms with Crippen molar-refractivity contribution in [1.82, 2.24) is 10.4 Å². The zero-order valence-corrected chi connectivity index (χ0v) is 7.03. The van der Waals surface area contributed by atoms with Crippen LogP contribution in [0.25, 0.3) is 0 Å². The fourth-order valence-corrected chi connectivity index (χ4v) is 1.29. The Morgan fingerprint density at radius 1 is 1.42 bits per heavy atom. The van der Waals surface area contributed by atoms with Gasteiger partial charge in [0, 0.05) is 6.92 Å². The number of piperidine rings is 1. The van der Waals surface area contributed by atoms with Crippen molar-refractivity contribution in [3.05, 3.63) is 0 Å². The van der Waals surface area contributed by atoms with E-state index in [0.29, 0.717) is 12.8 Å². The molecule has 2 atom stereocenters. The smallest absolute Gasteiger partial charge is 0.231 e. The Morgan fingerprint density at radius 3 is 2.33 bits per heavy atom. The van der Waals surface area contributed by atoms with Gasteiger partial charge >= 0.3 is 0 Å². The van der Waals surface area contributed by atoms with Crippen LogP contribution in [0.5, 0.6) is 0 Å². The van der Waals surface area contributed by atoms with Crippen LogP contribution in [-0.2, 0) is 4.79 Å². The first-order valence-corrected chi connectivity index (χ1v) is 4.03. The maximum Gasteiger partial charge on any atom is 0.231 e. The highest BCUT2D eigenvalue weighted by molar-refractivity contribution is 5.72. The van der Waals surface area contributed by atoms with Gasteiger partial charge in [-0.1, -0.05) is 0 Å². The molecule has 5 heteroatoms. The molecular weight excluding hydrogens is 160 g/mol. The fourth-order valence-electron chi connectivity index (χ4n) is 1.29. The number of hydrogen-bond acceptors (Lipinski definition) is 4. The largest absolute Gasteiger partial charge is 0.377 e. The van der Waals surface area contributed by atoms with Crippen LogP contribution in [0.1, 0.15) is 26.2 Å². The minimum atomic E-state index is -0.766. The van der Waals surface area contributed by atoms with Crippen LogP contribution in [0.2, 0.25) is 0 Å². The first-order valence-electron chi connectivity index (χ1n) is 4.03. The molecule has 0 bridgehead atoms. The minimum absolute atomic E-state index is 0.282. The molecular formula is C7H14N2O3. The van der Waals surface area contributed by atoms with Crippen LogP contribution >= 0.6 is 0 Å². The Labute approximate surface area is 71.0 Å². The Bertz CT molecular complexity index is 164. The van der Waals surface area contributed by atoms with Gasteiger partial charge in [-0.15, -0.1) is 0 Å². The van der Waals surface area contributed by atoms with E-state index in [2.05, 4.69) is 5.43 Å². The molecule has 1 heterocycles. The van der Waals surface area contributed by atoms with Gasteiger partial charge in [0.05, 0.1) is 0 Å². The summed E-state index contributed by atoms with van der Waals surface area (Å²) in [6.07, 6.45) is 0.405. The normalized spacial score (nSPS) is 31.6. The third-order valence-corrected chi connectivity index (χ3v) is 1.85. The third-order valence-electron chi connectivity index (χ3n) is 1.85. The first kappa shape index (κ1) is 9.44. The molecule has 0 radical (unpaired) electrons. The Balaban J connectivity index is 2.50. The van der Waals surface area contributed by atoms with E-state index in [1.165, 1.54) is 11.9 Å². The highest BCUT2D eigenvalue weighted by atomic mass is 16.3. The molecule has 0 spiro atoms. The number of hydrogen-bond donors (Lipinski definition) is 3. The molecule has 5 nitrogen and oxygen atoms in total. The fraction of sp³-hybridized carbons (Fsp3) is 0.857. The summed E-state index contributed by atoms with van der Waals surface area (Å²) in [5, 5.41) is 19.9. The summed E-state index contributed by atoms with van der Waals surface area (Å²) < 4.78 is 0. The second kappa shape index (κ2) is 3.84. The lowest BCUT2D eigenvalue weighted by molar-refractivity contribution is -0.169. The minimum Gasteiger partial charge on any atom is -0.377 e. The highest BCUT2D eigenvalue weighted by Gasteiger charge is 2.28. The van der Waals surface area contributed by atoms with Crippen LogP contribution in [0, 0.1) is 0 Å². The number of amides is 1. The maximum absolute atomic E-state index is 10.6. The molecule has 0 aliphatic carbocycles. The zero-order chi connectivity index (χ0) is 9.14. The standard InChI is InChI=1S/C7H14N2O3/c1-5(10)8-9-6(11)3-2-4-7(9)12/h6-7,11-12H,2-4H2,1H3,(H,8,10). The average Bonchev–Trinajstić information content (AvgIpc) is 1.97. The number of aliphatic hydroxyl groups is 2. The van der Waals surface area contributed by atoms with Crippen LogP contribution < -0.4 is 5.43 Å². The van der Waals surface area contributed by atoms with Crippen molar-refractivity contribution >= 4 is 5.91 Å². The van der Waals surface area contributed by atoms with Crippen molar-refractivity contribution in [2.24, 2.45) is 0 Å². The van der Waals surface area contributed by atoms with E-state index >= 15 is 0 Å². The van der Waals surface area contributed by atoms with Crippen LogP contribution in [-0.4, -0.2) is 33.6 Å². The maximum atomic E-state index is 10.6. The van der Waals surface area contributed by atoms with Gasteiger partial charge in [0.15, 0.2) is 0 Å². The number of carbonyl (C=O) groups is 1. The van der Waals surface area contributed by atoms with Crippen molar-refractivity contribution in [3.8, 4) is 0 Å². The summed E-state index contributed by atoms with van der Waals surface area (Å²) in [4.78, 5) is 10.6. The van der Waals surface area contributed by atoms with Crippen molar-refractivity contribution in [3.63, 3.8) is 0 Å². The molecule has 2 unspecified atom stereocenters. The molecule has 1 fully saturated rings. The van der Waals surface area contributed by atoms with E-state index in [1.807, 2.05) is 0 Å². The van der Waals surface area contributed by atoms with Crippen molar-refractivity contribution in [2.75, 3.05) is 0 Å². The average molecular weight is 174 g/mol. The molecule has 1 aliphatic heterocycles. The molecule has 1 rings (SSSR count). The predicted octanol–water partition coefficient (Wildman–Crippen LogP) is -0.840. The second-order valence-electron chi connectivity index (χ2n) is 2.97. The Hall–Kier alpha value is -0.650. The van der Waals surface area contributed by atoms with E-state index in [0.717, 1.165) is 6.42 Å². The summed E-state index contributed by atoms with van der Waals surface area (Å²) >= 11 is 0. The van der Waals surface area contributed by atoms with Gasteiger partial charge in [-0.2, -0.15) is 5.01 Å². The molecule has 0 aromatic rings. The summed E-state index contributed by atoms with van der Waals surface area (Å²) in [6.45, 7) is 1.34. The van der Waals surface area contributed by atoms with E-state index in [1.54, 1.807) is 0 Å². The van der Waals surface area contributed by atoms with E-state index < -0.39 is 12.5 Å².